The van der Waals surface area contributed by atoms with Gasteiger partial charge in [-0.25, -0.2) is 4.98 Å². The van der Waals surface area contributed by atoms with Crippen LogP contribution in [0.2, 0.25) is 10.0 Å². The summed E-state index contributed by atoms with van der Waals surface area (Å²) in [6, 6.07) is 13.9. The van der Waals surface area contributed by atoms with Gasteiger partial charge in [0.15, 0.2) is 0 Å². The van der Waals surface area contributed by atoms with Crippen LogP contribution in [-0.4, -0.2) is 15.5 Å². The molecule has 0 saturated heterocycles. The van der Waals surface area contributed by atoms with Gasteiger partial charge in [0, 0.05) is 22.3 Å². The molecule has 22 heavy (non-hydrogen) atoms. The second-order valence-electron chi connectivity index (χ2n) is 4.65. The molecule has 3 aromatic rings. The van der Waals surface area contributed by atoms with Crippen molar-refractivity contribution in [3.63, 3.8) is 0 Å². The molecule has 3 rings (SSSR count). The molecule has 110 valence electrons. The van der Waals surface area contributed by atoms with E-state index in [1.807, 2.05) is 18.2 Å². The Hall–Kier alpha value is -2.30. The van der Waals surface area contributed by atoms with Crippen molar-refractivity contribution in [2.24, 2.45) is 0 Å². The van der Waals surface area contributed by atoms with Gasteiger partial charge in [0.05, 0.1) is 10.7 Å². The SMILES string of the molecule is Nc1nc(-c2ccccc2Cl)cn1C(=O)c1cccc(Cl)c1. The van der Waals surface area contributed by atoms with E-state index in [0.717, 1.165) is 0 Å². The summed E-state index contributed by atoms with van der Waals surface area (Å²) in [6.07, 6.45) is 1.57. The summed E-state index contributed by atoms with van der Waals surface area (Å²) in [5.41, 5.74) is 7.55. The van der Waals surface area contributed by atoms with E-state index in [0.29, 0.717) is 26.9 Å². The van der Waals surface area contributed by atoms with Crippen molar-refractivity contribution in [1.82, 2.24) is 9.55 Å². The molecule has 4 nitrogen and oxygen atoms in total. The number of imidazole rings is 1. The van der Waals surface area contributed by atoms with Gasteiger partial charge >= 0.3 is 0 Å². The van der Waals surface area contributed by atoms with Crippen LogP contribution in [0.3, 0.4) is 0 Å². The predicted octanol–water partition coefficient (Wildman–Crippen LogP) is 4.13. The zero-order chi connectivity index (χ0) is 15.7. The maximum Gasteiger partial charge on any atom is 0.264 e. The molecule has 0 aliphatic heterocycles. The average Bonchev–Trinajstić information content (AvgIpc) is 2.88. The Labute approximate surface area is 137 Å². The van der Waals surface area contributed by atoms with Crippen molar-refractivity contribution >= 4 is 35.1 Å². The van der Waals surface area contributed by atoms with Gasteiger partial charge in [0.1, 0.15) is 0 Å². The summed E-state index contributed by atoms with van der Waals surface area (Å²) in [7, 11) is 0. The molecule has 0 amide bonds. The van der Waals surface area contributed by atoms with Crippen LogP contribution < -0.4 is 5.73 Å². The monoisotopic (exact) mass is 331 g/mol. The molecule has 0 radical (unpaired) electrons. The molecule has 0 unspecified atom stereocenters. The minimum absolute atomic E-state index is 0.0971. The fraction of sp³-hybridized carbons (Fsp3) is 0. The average molecular weight is 332 g/mol. The first kappa shape index (κ1) is 14.6. The standard InChI is InChI=1S/C16H11Cl2N3O/c17-11-5-3-4-10(8-11)15(22)21-9-14(20-16(21)19)12-6-1-2-7-13(12)18/h1-9H,(H2,19,20). The number of carbonyl (C=O) groups is 1. The fourth-order valence-corrected chi connectivity index (χ4v) is 2.54. The molecule has 2 N–H and O–H groups in total. The third-order valence-electron chi connectivity index (χ3n) is 3.17. The molecule has 1 aromatic heterocycles. The van der Waals surface area contributed by atoms with E-state index in [-0.39, 0.29) is 11.9 Å². The maximum absolute atomic E-state index is 12.5. The number of benzene rings is 2. The number of hydrogen-bond acceptors (Lipinski definition) is 3. The number of aromatic nitrogens is 2. The largest absolute Gasteiger partial charge is 0.369 e. The molecule has 0 spiro atoms. The first-order chi connectivity index (χ1) is 10.6. The van der Waals surface area contributed by atoms with E-state index in [4.69, 9.17) is 28.9 Å². The van der Waals surface area contributed by atoms with Crippen LogP contribution in [0.1, 0.15) is 10.4 Å². The molecule has 6 heteroatoms. The second-order valence-corrected chi connectivity index (χ2v) is 5.49. The Bertz CT molecular complexity index is 858. The van der Waals surface area contributed by atoms with Gasteiger partial charge < -0.3 is 5.73 Å². The van der Waals surface area contributed by atoms with Gasteiger partial charge in [-0.3, -0.25) is 9.36 Å². The van der Waals surface area contributed by atoms with Gasteiger partial charge in [-0.1, -0.05) is 47.5 Å². The lowest BCUT2D eigenvalue weighted by atomic mass is 10.2. The van der Waals surface area contributed by atoms with E-state index in [2.05, 4.69) is 4.98 Å². The minimum atomic E-state index is -0.300. The number of nitrogens with zero attached hydrogens (tertiary/aromatic N) is 2. The van der Waals surface area contributed by atoms with Gasteiger partial charge in [-0.05, 0) is 24.3 Å². The predicted molar refractivity (Wildman–Crippen MR) is 88.3 cm³/mol. The molecule has 0 bridgehead atoms. The van der Waals surface area contributed by atoms with Crippen LogP contribution in [-0.2, 0) is 0 Å². The highest BCUT2D eigenvalue weighted by molar-refractivity contribution is 6.33. The smallest absolute Gasteiger partial charge is 0.264 e. The number of anilines is 1. The number of hydrogen-bond donors (Lipinski definition) is 1. The summed E-state index contributed by atoms with van der Waals surface area (Å²) >= 11 is 12.1. The van der Waals surface area contributed by atoms with Crippen LogP contribution in [0, 0.1) is 0 Å². The zero-order valence-electron chi connectivity index (χ0n) is 11.3. The van der Waals surface area contributed by atoms with Crippen molar-refractivity contribution in [2.75, 3.05) is 5.73 Å². The van der Waals surface area contributed by atoms with Crippen LogP contribution in [0.5, 0.6) is 0 Å². The van der Waals surface area contributed by atoms with Gasteiger partial charge in [0.2, 0.25) is 5.95 Å². The van der Waals surface area contributed by atoms with Crippen molar-refractivity contribution in [3.8, 4) is 11.3 Å². The van der Waals surface area contributed by atoms with E-state index in [1.165, 1.54) is 4.57 Å². The zero-order valence-corrected chi connectivity index (χ0v) is 12.8. The van der Waals surface area contributed by atoms with Crippen molar-refractivity contribution in [1.29, 1.82) is 0 Å². The highest BCUT2D eigenvalue weighted by atomic mass is 35.5. The number of rotatable bonds is 2. The number of nitrogens with two attached hydrogens (primary N) is 1. The van der Waals surface area contributed by atoms with Gasteiger partial charge in [-0.15, -0.1) is 0 Å². The lowest BCUT2D eigenvalue weighted by Crippen LogP contribution is -2.13. The summed E-state index contributed by atoms with van der Waals surface area (Å²) < 4.78 is 1.28. The first-order valence-corrected chi connectivity index (χ1v) is 7.22. The molecule has 1 heterocycles. The van der Waals surface area contributed by atoms with Gasteiger partial charge in [-0.2, -0.15) is 0 Å². The molecule has 2 aromatic carbocycles. The Balaban J connectivity index is 2.03. The highest BCUT2D eigenvalue weighted by Crippen LogP contribution is 2.27. The third kappa shape index (κ3) is 2.71. The first-order valence-electron chi connectivity index (χ1n) is 6.46. The summed E-state index contributed by atoms with van der Waals surface area (Å²) in [4.78, 5) is 16.7. The fourth-order valence-electron chi connectivity index (χ4n) is 2.12. The topological polar surface area (TPSA) is 60.9 Å². The van der Waals surface area contributed by atoms with Crippen LogP contribution in [0.25, 0.3) is 11.3 Å². The number of carbonyl (C=O) groups excluding carboxylic acids is 1. The lowest BCUT2D eigenvalue weighted by molar-refractivity contribution is 0.0962. The summed E-state index contributed by atoms with van der Waals surface area (Å²) in [6.45, 7) is 0. The lowest BCUT2D eigenvalue weighted by Gasteiger charge is -2.03. The van der Waals surface area contributed by atoms with E-state index in [9.17, 15) is 4.79 Å². The number of nitrogen functional groups attached to an aromatic ring is 1. The molecule has 0 aliphatic carbocycles. The van der Waals surface area contributed by atoms with E-state index < -0.39 is 0 Å². The maximum atomic E-state index is 12.5. The molecule has 0 aliphatic rings. The van der Waals surface area contributed by atoms with Crippen molar-refractivity contribution in [3.05, 3.63) is 70.3 Å². The molecule has 0 atom stereocenters. The van der Waals surface area contributed by atoms with Crippen LogP contribution in [0.15, 0.2) is 54.7 Å². The summed E-state index contributed by atoms with van der Waals surface area (Å²) in [5.74, 6) is -0.203. The van der Waals surface area contributed by atoms with Crippen molar-refractivity contribution in [2.45, 2.75) is 0 Å². The van der Waals surface area contributed by atoms with Gasteiger partial charge in [0.25, 0.3) is 5.91 Å². The minimum Gasteiger partial charge on any atom is -0.369 e. The van der Waals surface area contributed by atoms with Crippen LogP contribution in [0.4, 0.5) is 5.95 Å². The molecule has 0 saturated carbocycles. The Kier molecular flexibility index (Phi) is 3.88. The molecular weight excluding hydrogens is 321 g/mol. The second kappa shape index (κ2) is 5.83. The summed E-state index contributed by atoms with van der Waals surface area (Å²) in [5, 5.41) is 1.03. The third-order valence-corrected chi connectivity index (χ3v) is 3.74. The quantitative estimate of drug-likeness (QED) is 0.768. The van der Waals surface area contributed by atoms with Crippen molar-refractivity contribution < 1.29 is 4.79 Å². The van der Waals surface area contributed by atoms with E-state index >= 15 is 0 Å². The molecular formula is C16H11Cl2N3O. The Morgan fingerprint density at radius 3 is 2.59 bits per heavy atom. The van der Waals surface area contributed by atoms with Crippen LogP contribution >= 0.6 is 23.2 Å². The molecule has 0 fully saturated rings. The normalized spacial score (nSPS) is 10.6. The highest BCUT2D eigenvalue weighted by Gasteiger charge is 2.16. The Morgan fingerprint density at radius 2 is 1.86 bits per heavy atom. The number of halogens is 2. The van der Waals surface area contributed by atoms with E-state index in [1.54, 1.807) is 36.5 Å². The Morgan fingerprint density at radius 1 is 1.09 bits per heavy atom.